The molecule has 2 heterocycles. The first-order valence-corrected chi connectivity index (χ1v) is 6.41. The average Bonchev–Trinajstić information content (AvgIpc) is 2.75. The monoisotopic (exact) mass is 222 g/mol. The van der Waals surface area contributed by atoms with Crippen molar-refractivity contribution < 1.29 is 4.74 Å². The van der Waals surface area contributed by atoms with Crippen LogP contribution in [0.25, 0.3) is 0 Å². The lowest BCUT2D eigenvalue weighted by Gasteiger charge is -2.24. The van der Waals surface area contributed by atoms with Gasteiger partial charge < -0.3 is 4.74 Å². The van der Waals surface area contributed by atoms with Crippen molar-refractivity contribution in [1.82, 2.24) is 9.78 Å². The lowest BCUT2D eigenvalue weighted by molar-refractivity contribution is -0.0411. The molecule has 3 heteroatoms. The molecule has 0 spiro atoms. The summed E-state index contributed by atoms with van der Waals surface area (Å²) in [5.74, 6) is 0.746. The molecule has 2 rings (SSSR count). The molecule has 1 saturated heterocycles. The molecule has 0 amide bonds. The highest BCUT2D eigenvalue weighted by Crippen LogP contribution is 2.23. The first kappa shape index (κ1) is 11.6. The van der Waals surface area contributed by atoms with Gasteiger partial charge in [0.2, 0.25) is 0 Å². The summed E-state index contributed by atoms with van der Waals surface area (Å²) in [6.07, 6.45) is 7.97. The van der Waals surface area contributed by atoms with Crippen LogP contribution in [-0.2, 0) is 11.2 Å². The quantitative estimate of drug-likeness (QED) is 0.782. The third kappa shape index (κ3) is 2.85. The molecule has 1 aliphatic rings. The van der Waals surface area contributed by atoms with Crippen molar-refractivity contribution in [3.8, 4) is 0 Å². The zero-order valence-electron chi connectivity index (χ0n) is 10.4. The molecule has 0 radical (unpaired) electrons. The second-order valence-corrected chi connectivity index (χ2v) is 5.02. The van der Waals surface area contributed by atoms with Crippen molar-refractivity contribution >= 4 is 0 Å². The van der Waals surface area contributed by atoms with Crippen molar-refractivity contribution in [2.45, 2.75) is 52.2 Å². The van der Waals surface area contributed by atoms with Crippen LogP contribution in [0.5, 0.6) is 0 Å². The van der Waals surface area contributed by atoms with Gasteiger partial charge in [-0.1, -0.05) is 13.8 Å². The maximum absolute atomic E-state index is 5.77. The van der Waals surface area contributed by atoms with Crippen LogP contribution in [0.15, 0.2) is 12.3 Å². The molecule has 1 fully saturated rings. The fourth-order valence-corrected chi connectivity index (χ4v) is 2.15. The van der Waals surface area contributed by atoms with E-state index < -0.39 is 0 Å². The molecule has 1 unspecified atom stereocenters. The normalized spacial score (nSPS) is 21.6. The van der Waals surface area contributed by atoms with Crippen molar-refractivity contribution in [2.75, 3.05) is 6.61 Å². The number of aromatic nitrogens is 2. The number of ether oxygens (including phenoxy) is 1. The summed E-state index contributed by atoms with van der Waals surface area (Å²) in [7, 11) is 0. The molecule has 0 N–H and O–H groups in total. The molecule has 1 aromatic rings. The van der Waals surface area contributed by atoms with Gasteiger partial charge in [0, 0.05) is 18.5 Å². The number of nitrogens with zero attached hydrogens (tertiary/aromatic N) is 2. The molecular weight excluding hydrogens is 200 g/mol. The molecule has 1 aromatic heterocycles. The lowest BCUT2D eigenvalue weighted by atomic mass is 10.1. The van der Waals surface area contributed by atoms with E-state index in [0.717, 1.165) is 25.4 Å². The Balaban J connectivity index is 2.00. The summed E-state index contributed by atoms with van der Waals surface area (Å²) < 4.78 is 7.86. The Labute approximate surface area is 97.8 Å². The molecule has 3 nitrogen and oxygen atoms in total. The predicted molar refractivity (Wildman–Crippen MR) is 64.2 cm³/mol. The molecule has 90 valence electrons. The summed E-state index contributed by atoms with van der Waals surface area (Å²) >= 11 is 0. The minimum absolute atomic E-state index is 0.186. The topological polar surface area (TPSA) is 27.1 Å². The summed E-state index contributed by atoms with van der Waals surface area (Å²) in [6.45, 7) is 5.41. The molecule has 0 bridgehead atoms. The van der Waals surface area contributed by atoms with E-state index in [0.29, 0.717) is 0 Å². The van der Waals surface area contributed by atoms with Gasteiger partial charge in [0.15, 0.2) is 0 Å². The number of hydrogen-bond acceptors (Lipinski definition) is 2. The number of hydrogen-bond donors (Lipinski definition) is 0. The van der Waals surface area contributed by atoms with Gasteiger partial charge in [0.1, 0.15) is 6.23 Å². The van der Waals surface area contributed by atoms with Gasteiger partial charge in [-0.2, -0.15) is 5.10 Å². The van der Waals surface area contributed by atoms with Gasteiger partial charge >= 0.3 is 0 Å². The third-order valence-corrected chi connectivity index (χ3v) is 3.16. The Hall–Kier alpha value is -0.830. The van der Waals surface area contributed by atoms with E-state index in [-0.39, 0.29) is 6.23 Å². The third-order valence-electron chi connectivity index (χ3n) is 3.16. The van der Waals surface area contributed by atoms with Crippen LogP contribution in [0, 0.1) is 5.92 Å². The minimum Gasteiger partial charge on any atom is -0.357 e. The maximum Gasteiger partial charge on any atom is 0.150 e. The lowest BCUT2D eigenvalue weighted by Crippen LogP contribution is -2.21. The molecule has 0 aliphatic carbocycles. The zero-order valence-corrected chi connectivity index (χ0v) is 10.4. The van der Waals surface area contributed by atoms with Gasteiger partial charge in [-0.25, -0.2) is 4.68 Å². The first-order valence-electron chi connectivity index (χ1n) is 6.41. The second kappa shape index (κ2) is 5.48. The van der Waals surface area contributed by atoms with Gasteiger partial charge in [-0.15, -0.1) is 0 Å². The van der Waals surface area contributed by atoms with E-state index in [2.05, 4.69) is 29.7 Å². The van der Waals surface area contributed by atoms with Gasteiger partial charge in [0.25, 0.3) is 0 Å². The second-order valence-electron chi connectivity index (χ2n) is 5.02. The van der Waals surface area contributed by atoms with Crippen LogP contribution in [0.3, 0.4) is 0 Å². The summed E-state index contributed by atoms with van der Waals surface area (Å²) in [5, 5.41) is 4.41. The van der Waals surface area contributed by atoms with Crippen molar-refractivity contribution in [2.24, 2.45) is 5.92 Å². The SMILES string of the molecule is CC(C)CCc1ccnn1C1CCCCO1. The molecule has 16 heavy (non-hydrogen) atoms. The van der Waals surface area contributed by atoms with Gasteiger partial charge in [-0.3, -0.25) is 0 Å². The first-order chi connectivity index (χ1) is 7.77. The smallest absolute Gasteiger partial charge is 0.150 e. The van der Waals surface area contributed by atoms with Crippen LogP contribution in [0.1, 0.15) is 51.5 Å². The highest BCUT2D eigenvalue weighted by Gasteiger charge is 2.18. The molecular formula is C13H22N2O. The van der Waals surface area contributed by atoms with Crippen LogP contribution in [0.2, 0.25) is 0 Å². The van der Waals surface area contributed by atoms with Gasteiger partial charge in [0.05, 0.1) is 0 Å². The van der Waals surface area contributed by atoms with E-state index in [1.165, 1.54) is 25.0 Å². The Bertz CT molecular complexity index is 313. The highest BCUT2D eigenvalue weighted by atomic mass is 16.5. The number of aryl methyl sites for hydroxylation is 1. The largest absolute Gasteiger partial charge is 0.357 e. The van der Waals surface area contributed by atoms with E-state index in [9.17, 15) is 0 Å². The maximum atomic E-state index is 5.77. The van der Waals surface area contributed by atoms with E-state index in [1.807, 2.05) is 6.20 Å². The summed E-state index contributed by atoms with van der Waals surface area (Å²) in [6, 6.07) is 2.13. The Kier molecular flexibility index (Phi) is 3.99. The average molecular weight is 222 g/mol. The molecule has 0 saturated carbocycles. The fraction of sp³-hybridized carbons (Fsp3) is 0.769. The summed E-state index contributed by atoms with van der Waals surface area (Å²) in [4.78, 5) is 0. The zero-order chi connectivity index (χ0) is 11.4. The van der Waals surface area contributed by atoms with Crippen molar-refractivity contribution in [3.63, 3.8) is 0 Å². The molecule has 1 atom stereocenters. The predicted octanol–water partition coefficient (Wildman–Crippen LogP) is 3.17. The highest BCUT2D eigenvalue weighted by molar-refractivity contribution is 5.01. The minimum atomic E-state index is 0.186. The van der Waals surface area contributed by atoms with Crippen LogP contribution >= 0.6 is 0 Å². The van der Waals surface area contributed by atoms with Crippen LogP contribution < -0.4 is 0 Å². The van der Waals surface area contributed by atoms with Gasteiger partial charge in [-0.05, 0) is 44.1 Å². The van der Waals surface area contributed by atoms with Crippen LogP contribution in [-0.4, -0.2) is 16.4 Å². The van der Waals surface area contributed by atoms with E-state index in [4.69, 9.17) is 4.74 Å². The van der Waals surface area contributed by atoms with Crippen molar-refractivity contribution in [3.05, 3.63) is 18.0 Å². The Morgan fingerprint density at radius 1 is 1.50 bits per heavy atom. The molecule has 0 aromatic carbocycles. The van der Waals surface area contributed by atoms with Crippen molar-refractivity contribution in [1.29, 1.82) is 0 Å². The Morgan fingerprint density at radius 2 is 2.38 bits per heavy atom. The molecule has 1 aliphatic heterocycles. The van der Waals surface area contributed by atoms with Crippen LogP contribution in [0.4, 0.5) is 0 Å². The van der Waals surface area contributed by atoms with E-state index in [1.54, 1.807) is 0 Å². The Morgan fingerprint density at radius 3 is 3.06 bits per heavy atom. The standard InChI is InChI=1S/C13H22N2O/c1-11(2)6-7-12-8-9-14-15(12)13-5-3-4-10-16-13/h8-9,11,13H,3-7,10H2,1-2H3. The summed E-state index contributed by atoms with van der Waals surface area (Å²) in [5.41, 5.74) is 1.32. The van der Waals surface area contributed by atoms with E-state index >= 15 is 0 Å². The fourth-order valence-electron chi connectivity index (χ4n) is 2.15. The number of rotatable bonds is 4.